The Kier molecular flexibility index (Phi) is 6.12. The highest BCUT2D eigenvalue weighted by Gasteiger charge is 2.16. The van der Waals surface area contributed by atoms with Crippen LogP contribution in [0.2, 0.25) is 0 Å². The predicted molar refractivity (Wildman–Crippen MR) is 134 cm³/mol. The van der Waals surface area contributed by atoms with Crippen LogP contribution in [0.15, 0.2) is 89.7 Å². The SMILES string of the molecule is CCCC(=O)Nc1n[nH]c2cc(-c3ccc(OCc4ccccc4)cc3)c(-c3ccoc3)cc12. The molecule has 0 saturated heterocycles. The van der Waals surface area contributed by atoms with Crippen LogP contribution < -0.4 is 10.1 Å². The maximum absolute atomic E-state index is 12.1. The molecule has 1 amide bonds. The van der Waals surface area contributed by atoms with Gasteiger partial charge in [-0.05, 0) is 59.0 Å². The zero-order valence-corrected chi connectivity index (χ0v) is 18.9. The standard InChI is InChI=1S/C28H25N3O3/c1-2-6-27(32)29-28-25-15-23(21-13-14-33-18-21)24(16-26(25)30-31-28)20-9-11-22(12-10-20)34-17-19-7-4-3-5-8-19/h3-5,7-16,18H,2,6,17H2,1H3,(H2,29,30,31,32). The van der Waals surface area contributed by atoms with Crippen LogP contribution in [-0.4, -0.2) is 16.1 Å². The number of anilines is 1. The van der Waals surface area contributed by atoms with Crippen molar-refractivity contribution in [2.24, 2.45) is 0 Å². The second-order valence-corrected chi connectivity index (χ2v) is 8.12. The molecular weight excluding hydrogens is 426 g/mol. The molecule has 0 aliphatic heterocycles. The van der Waals surface area contributed by atoms with Gasteiger partial charge in [-0.3, -0.25) is 9.89 Å². The van der Waals surface area contributed by atoms with Crippen molar-refractivity contribution in [3.8, 4) is 28.0 Å². The fraction of sp³-hybridized carbons (Fsp3) is 0.143. The summed E-state index contributed by atoms with van der Waals surface area (Å²) >= 11 is 0. The molecule has 0 aliphatic carbocycles. The summed E-state index contributed by atoms with van der Waals surface area (Å²) in [5.41, 5.74) is 5.98. The highest BCUT2D eigenvalue weighted by atomic mass is 16.5. The van der Waals surface area contributed by atoms with E-state index in [1.54, 1.807) is 12.5 Å². The monoisotopic (exact) mass is 451 g/mol. The third-order valence-electron chi connectivity index (χ3n) is 5.68. The van der Waals surface area contributed by atoms with Crippen LogP contribution in [0.3, 0.4) is 0 Å². The van der Waals surface area contributed by atoms with Crippen LogP contribution in [0, 0.1) is 0 Å². The summed E-state index contributed by atoms with van der Waals surface area (Å²) in [6.45, 7) is 2.50. The molecule has 0 atom stereocenters. The van der Waals surface area contributed by atoms with Crippen molar-refractivity contribution in [2.75, 3.05) is 5.32 Å². The molecule has 6 nitrogen and oxygen atoms in total. The Bertz CT molecular complexity index is 1390. The summed E-state index contributed by atoms with van der Waals surface area (Å²) in [5.74, 6) is 1.30. The van der Waals surface area contributed by atoms with Gasteiger partial charge in [0.15, 0.2) is 5.82 Å². The predicted octanol–water partition coefficient (Wildman–Crippen LogP) is 6.81. The van der Waals surface area contributed by atoms with E-state index in [1.807, 2.05) is 73.7 Å². The van der Waals surface area contributed by atoms with Gasteiger partial charge < -0.3 is 14.5 Å². The molecule has 2 N–H and O–H groups in total. The third kappa shape index (κ3) is 4.57. The number of nitrogens with one attached hydrogen (secondary N) is 2. The highest BCUT2D eigenvalue weighted by molar-refractivity contribution is 6.03. The lowest BCUT2D eigenvalue weighted by atomic mass is 9.94. The Morgan fingerprint density at radius 2 is 1.79 bits per heavy atom. The number of ether oxygens (including phenoxy) is 1. The lowest BCUT2D eigenvalue weighted by Crippen LogP contribution is -2.11. The molecule has 0 unspecified atom stereocenters. The summed E-state index contributed by atoms with van der Waals surface area (Å²) in [5, 5.41) is 11.2. The van der Waals surface area contributed by atoms with Crippen LogP contribution in [0.5, 0.6) is 5.75 Å². The van der Waals surface area contributed by atoms with Crippen molar-refractivity contribution in [2.45, 2.75) is 26.4 Å². The van der Waals surface area contributed by atoms with Crippen molar-refractivity contribution < 1.29 is 13.9 Å². The van der Waals surface area contributed by atoms with E-state index in [0.717, 1.165) is 50.9 Å². The molecular formula is C28H25N3O3. The molecule has 0 bridgehead atoms. The Morgan fingerprint density at radius 3 is 2.53 bits per heavy atom. The van der Waals surface area contributed by atoms with Gasteiger partial charge in [0.25, 0.3) is 0 Å². The number of hydrogen-bond donors (Lipinski definition) is 2. The van der Waals surface area contributed by atoms with E-state index < -0.39 is 0 Å². The van der Waals surface area contributed by atoms with E-state index in [-0.39, 0.29) is 5.91 Å². The normalized spacial score (nSPS) is 11.0. The summed E-state index contributed by atoms with van der Waals surface area (Å²) in [7, 11) is 0. The first kappa shape index (κ1) is 21.5. The Morgan fingerprint density at radius 1 is 1.00 bits per heavy atom. The molecule has 0 radical (unpaired) electrons. The maximum atomic E-state index is 12.1. The average molecular weight is 452 g/mol. The molecule has 170 valence electrons. The number of hydrogen-bond acceptors (Lipinski definition) is 4. The molecule has 2 aromatic heterocycles. The van der Waals surface area contributed by atoms with Gasteiger partial charge in [0.1, 0.15) is 12.4 Å². The van der Waals surface area contributed by atoms with E-state index in [0.29, 0.717) is 18.8 Å². The van der Waals surface area contributed by atoms with Gasteiger partial charge in [-0.1, -0.05) is 49.4 Å². The lowest BCUT2D eigenvalue weighted by Gasteiger charge is -2.11. The minimum atomic E-state index is -0.0454. The van der Waals surface area contributed by atoms with Crippen LogP contribution >= 0.6 is 0 Å². The number of furan rings is 1. The first-order valence-corrected chi connectivity index (χ1v) is 11.3. The number of carbonyl (C=O) groups excluding carboxylic acids is 1. The third-order valence-corrected chi connectivity index (χ3v) is 5.68. The van der Waals surface area contributed by atoms with E-state index in [2.05, 4.69) is 21.6 Å². The number of H-pyrrole nitrogens is 1. The van der Waals surface area contributed by atoms with Crippen LogP contribution in [0.1, 0.15) is 25.3 Å². The molecule has 3 aromatic carbocycles. The first-order valence-electron chi connectivity index (χ1n) is 11.3. The van der Waals surface area contributed by atoms with Crippen molar-refractivity contribution >= 4 is 22.6 Å². The fourth-order valence-corrected chi connectivity index (χ4v) is 3.95. The minimum absolute atomic E-state index is 0.0454. The van der Waals surface area contributed by atoms with Crippen molar-refractivity contribution in [3.05, 3.63) is 90.9 Å². The van der Waals surface area contributed by atoms with E-state index in [1.165, 1.54) is 0 Å². The highest BCUT2D eigenvalue weighted by Crippen LogP contribution is 2.38. The zero-order valence-electron chi connectivity index (χ0n) is 18.9. The second-order valence-electron chi connectivity index (χ2n) is 8.12. The van der Waals surface area contributed by atoms with Crippen molar-refractivity contribution in [1.82, 2.24) is 10.2 Å². The van der Waals surface area contributed by atoms with Gasteiger partial charge in [0, 0.05) is 17.4 Å². The molecule has 34 heavy (non-hydrogen) atoms. The van der Waals surface area contributed by atoms with E-state index >= 15 is 0 Å². The van der Waals surface area contributed by atoms with E-state index in [9.17, 15) is 4.79 Å². The van der Waals surface area contributed by atoms with Crippen molar-refractivity contribution in [1.29, 1.82) is 0 Å². The number of fused-ring (bicyclic) bond motifs is 1. The topological polar surface area (TPSA) is 80.2 Å². The summed E-state index contributed by atoms with van der Waals surface area (Å²) in [6, 6.07) is 24.2. The van der Waals surface area contributed by atoms with E-state index in [4.69, 9.17) is 9.15 Å². The molecule has 6 heteroatoms. The number of aromatic amines is 1. The van der Waals surface area contributed by atoms with Gasteiger partial charge in [-0.25, -0.2) is 0 Å². The number of aromatic nitrogens is 2. The number of amides is 1. The maximum Gasteiger partial charge on any atom is 0.225 e. The molecule has 5 rings (SSSR count). The first-order chi connectivity index (χ1) is 16.7. The van der Waals surface area contributed by atoms with Gasteiger partial charge in [-0.2, -0.15) is 5.10 Å². The molecule has 0 aliphatic rings. The molecule has 2 heterocycles. The summed E-state index contributed by atoms with van der Waals surface area (Å²) in [6.07, 6.45) is 4.62. The Labute approximate surface area is 197 Å². The van der Waals surface area contributed by atoms with Gasteiger partial charge in [0.2, 0.25) is 5.91 Å². The number of benzene rings is 3. The number of rotatable bonds is 8. The smallest absolute Gasteiger partial charge is 0.225 e. The largest absolute Gasteiger partial charge is 0.489 e. The quantitative estimate of drug-likeness (QED) is 0.272. The summed E-state index contributed by atoms with van der Waals surface area (Å²) < 4.78 is 11.3. The molecule has 0 spiro atoms. The Balaban J connectivity index is 1.47. The Hall–Kier alpha value is -4.32. The van der Waals surface area contributed by atoms with Crippen LogP contribution in [0.25, 0.3) is 33.2 Å². The van der Waals surface area contributed by atoms with Gasteiger partial charge >= 0.3 is 0 Å². The van der Waals surface area contributed by atoms with Crippen molar-refractivity contribution in [3.63, 3.8) is 0 Å². The average Bonchev–Trinajstić information content (AvgIpc) is 3.54. The molecule has 0 saturated carbocycles. The number of carbonyl (C=O) groups is 1. The summed E-state index contributed by atoms with van der Waals surface area (Å²) in [4.78, 5) is 12.1. The number of nitrogens with zero attached hydrogens (tertiary/aromatic N) is 1. The lowest BCUT2D eigenvalue weighted by molar-refractivity contribution is -0.116. The second kappa shape index (κ2) is 9.67. The van der Waals surface area contributed by atoms with Gasteiger partial charge in [-0.15, -0.1) is 0 Å². The molecule has 0 fully saturated rings. The van der Waals surface area contributed by atoms with Crippen LogP contribution in [0.4, 0.5) is 5.82 Å². The fourth-order valence-electron chi connectivity index (χ4n) is 3.95. The minimum Gasteiger partial charge on any atom is -0.489 e. The van der Waals surface area contributed by atoms with Gasteiger partial charge in [0.05, 0.1) is 18.0 Å². The van der Waals surface area contributed by atoms with Crippen LogP contribution in [-0.2, 0) is 11.4 Å². The molecule has 5 aromatic rings. The zero-order chi connectivity index (χ0) is 23.3.